The third-order valence-corrected chi connectivity index (χ3v) is 5.42. The molecule has 0 saturated heterocycles. The minimum absolute atomic E-state index is 0.123. The van der Waals surface area contributed by atoms with Gasteiger partial charge in [-0.1, -0.05) is 43.7 Å². The largest absolute Gasteiger partial charge is 0.416 e. The first-order valence-corrected chi connectivity index (χ1v) is 10.8. The van der Waals surface area contributed by atoms with Crippen molar-refractivity contribution in [3.63, 3.8) is 0 Å². The smallest absolute Gasteiger partial charge is 0.326 e. The van der Waals surface area contributed by atoms with Gasteiger partial charge in [0.2, 0.25) is 0 Å². The van der Waals surface area contributed by atoms with E-state index in [1.807, 2.05) is 38.1 Å². The summed E-state index contributed by atoms with van der Waals surface area (Å²) >= 11 is 0. The van der Waals surface area contributed by atoms with Gasteiger partial charge in [0, 0.05) is 23.4 Å². The molecule has 0 saturated carbocycles. The van der Waals surface area contributed by atoms with Gasteiger partial charge in [0.1, 0.15) is 0 Å². The summed E-state index contributed by atoms with van der Waals surface area (Å²) in [6.07, 6.45) is -3.73. The molecule has 3 aromatic rings. The zero-order valence-corrected chi connectivity index (χ0v) is 19.2. The molecule has 33 heavy (non-hydrogen) atoms. The van der Waals surface area contributed by atoms with Crippen molar-refractivity contribution in [2.24, 2.45) is 11.7 Å². The molecular weight excluding hydrogens is 427 g/mol. The van der Waals surface area contributed by atoms with Crippen molar-refractivity contribution < 1.29 is 18.0 Å². The van der Waals surface area contributed by atoms with Crippen molar-refractivity contribution in [1.29, 1.82) is 0 Å². The maximum Gasteiger partial charge on any atom is 0.416 e. The predicted molar refractivity (Wildman–Crippen MR) is 125 cm³/mol. The zero-order valence-electron chi connectivity index (χ0n) is 19.2. The van der Waals surface area contributed by atoms with Crippen molar-refractivity contribution in [2.75, 3.05) is 5.32 Å². The van der Waals surface area contributed by atoms with Gasteiger partial charge in [0.25, 0.3) is 5.91 Å². The number of halogens is 3. The van der Waals surface area contributed by atoms with Crippen LogP contribution in [0.2, 0.25) is 0 Å². The Balaban J connectivity index is 2.10. The van der Waals surface area contributed by atoms with E-state index in [1.165, 1.54) is 12.1 Å². The normalized spacial score (nSPS) is 11.7. The quantitative estimate of drug-likeness (QED) is 0.459. The monoisotopic (exact) mass is 455 g/mol. The first kappa shape index (κ1) is 24.5. The summed E-state index contributed by atoms with van der Waals surface area (Å²) in [6, 6.07) is 12.0. The highest BCUT2D eigenvalue weighted by Gasteiger charge is 2.30. The van der Waals surface area contributed by atoms with E-state index >= 15 is 0 Å². The Morgan fingerprint density at radius 1 is 1.03 bits per heavy atom. The van der Waals surface area contributed by atoms with Crippen LogP contribution in [0.1, 0.15) is 52.3 Å². The number of nitrogens with one attached hydrogen (secondary N) is 1. The van der Waals surface area contributed by atoms with Crippen LogP contribution < -0.4 is 11.1 Å². The molecule has 0 atom stereocenters. The molecule has 0 unspecified atom stereocenters. The van der Waals surface area contributed by atoms with Crippen LogP contribution in [0.15, 0.2) is 48.5 Å². The molecule has 0 bridgehead atoms. The Labute approximate surface area is 192 Å². The molecule has 1 amide bonds. The fraction of sp³-hybridized carbons (Fsp3) is 0.308. The van der Waals surface area contributed by atoms with Crippen LogP contribution >= 0.6 is 0 Å². The fourth-order valence-electron chi connectivity index (χ4n) is 3.77. The molecule has 0 radical (unpaired) electrons. The second-order valence-corrected chi connectivity index (χ2v) is 8.57. The average Bonchev–Trinajstić information content (AvgIpc) is 2.75. The molecule has 3 rings (SSSR count). The Kier molecular flexibility index (Phi) is 7.22. The van der Waals surface area contributed by atoms with Crippen LogP contribution in [0.3, 0.4) is 0 Å². The fourth-order valence-corrected chi connectivity index (χ4v) is 3.77. The summed E-state index contributed by atoms with van der Waals surface area (Å²) < 4.78 is 38.6. The Morgan fingerprint density at radius 3 is 2.15 bits per heavy atom. The maximum atomic E-state index is 13.0. The molecule has 0 aliphatic carbocycles. The lowest BCUT2D eigenvalue weighted by molar-refractivity contribution is -0.137. The highest BCUT2D eigenvalue weighted by atomic mass is 19.4. The van der Waals surface area contributed by atoms with Gasteiger partial charge in [-0.15, -0.1) is 0 Å². The third-order valence-electron chi connectivity index (χ3n) is 5.42. The highest BCUT2D eigenvalue weighted by molar-refractivity contribution is 6.07. The number of pyridine rings is 1. The number of rotatable bonds is 6. The SMILES string of the molecule is Cc1ccc(-c2c(CN)c(CC(C)C)nc(C)c2NC(=O)c2ccc(C(F)(F)F)cc2)cc1. The molecule has 3 N–H and O–H groups in total. The van der Waals surface area contributed by atoms with Crippen LogP contribution in [0.5, 0.6) is 0 Å². The molecule has 0 aliphatic heterocycles. The molecule has 1 aromatic heterocycles. The second kappa shape index (κ2) is 9.75. The number of alkyl halides is 3. The number of hydrogen-bond acceptors (Lipinski definition) is 3. The molecule has 2 aromatic carbocycles. The molecular formula is C26H28F3N3O. The minimum Gasteiger partial charge on any atom is -0.326 e. The van der Waals surface area contributed by atoms with Crippen molar-refractivity contribution in [1.82, 2.24) is 4.98 Å². The second-order valence-electron chi connectivity index (χ2n) is 8.57. The summed E-state index contributed by atoms with van der Waals surface area (Å²) in [6.45, 7) is 8.24. The Hall–Kier alpha value is -3.19. The van der Waals surface area contributed by atoms with Crippen LogP contribution in [-0.2, 0) is 19.1 Å². The summed E-state index contributed by atoms with van der Waals surface area (Å²) in [5.41, 5.74) is 11.1. The summed E-state index contributed by atoms with van der Waals surface area (Å²) in [5, 5.41) is 2.88. The Bertz CT molecular complexity index is 1140. The van der Waals surface area contributed by atoms with E-state index in [0.717, 1.165) is 46.5 Å². The van der Waals surface area contributed by atoms with E-state index in [9.17, 15) is 18.0 Å². The molecule has 0 fully saturated rings. The number of carbonyl (C=O) groups excluding carboxylic acids is 1. The van der Waals surface area contributed by atoms with Gasteiger partial charge in [0.15, 0.2) is 0 Å². The van der Waals surface area contributed by atoms with E-state index in [4.69, 9.17) is 10.7 Å². The molecule has 0 aliphatic rings. The van der Waals surface area contributed by atoms with Gasteiger partial charge in [-0.3, -0.25) is 9.78 Å². The van der Waals surface area contributed by atoms with Gasteiger partial charge in [-0.05, 0) is 61.6 Å². The standard InChI is InChI=1S/C26H28F3N3O/c1-15(2)13-22-21(14-30)23(18-7-5-16(3)6-8-18)24(17(4)31-22)32-25(33)19-9-11-20(12-10-19)26(27,28)29/h5-12,15H,13-14,30H2,1-4H3,(H,32,33). The van der Waals surface area contributed by atoms with Gasteiger partial charge >= 0.3 is 6.18 Å². The van der Waals surface area contributed by atoms with E-state index < -0.39 is 17.6 Å². The zero-order chi connectivity index (χ0) is 24.3. The highest BCUT2D eigenvalue weighted by Crippen LogP contribution is 2.36. The van der Waals surface area contributed by atoms with Crippen LogP contribution in [-0.4, -0.2) is 10.9 Å². The predicted octanol–water partition coefficient (Wildman–Crippen LogP) is 6.29. The summed E-state index contributed by atoms with van der Waals surface area (Å²) in [5.74, 6) is -0.151. The molecule has 1 heterocycles. The van der Waals surface area contributed by atoms with E-state index in [0.29, 0.717) is 17.3 Å². The van der Waals surface area contributed by atoms with Gasteiger partial charge in [0.05, 0.1) is 16.9 Å². The van der Waals surface area contributed by atoms with Crippen molar-refractivity contribution in [3.05, 3.63) is 82.2 Å². The van der Waals surface area contributed by atoms with Crippen molar-refractivity contribution in [2.45, 2.75) is 46.8 Å². The topological polar surface area (TPSA) is 68.0 Å². The van der Waals surface area contributed by atoms with Gasteiger partial charge in [-0.25, -0.2) is 0 Å². The lowest BCUT2D eigenvalue weighted by Crippen LogP contribution is -2.18. The lowest BCUT2D eigenvalue weighted by atomic mass is 9.92. The van der Waals surface area contributed by atoms with Crippen molar-refractivity contribution in [3.8, 4) is 11.1 Å². The van der Waals surface area contributed by atoms with E-state index in [2.05, 4.69) is 19.2 Å². The maximum absolute atomic E-state index is 13.0. The first-order chi connectivity index (χ1) is 15.5. The number of anilines is 1. The minimum atomic E-state index is -4.46. The number of benzene rings is 2. The number of carbonyl (C=O) groups is 1. The van der Waals surface area contributed by atoms with E-state index in [1.54, 1.807) is 0 Å². The number of amides is 1. The van der Waals surface area contributed by atoms with Gasteiger partial charge in [-0.2, -0.15) is 13.2 Å². The van der Waals surface area contributed by atoms with Crippen molar-refractivity contribution >= 4 is 11.6 Å². The number of aromatic nitrogens is 1. The lowest BCUT2D eigenvalue weighted by Gasteiger charge is -2.21. The molecule has 174 valence electrons. The van der Waals surface area contributed by atoms with Crippen LogP contribution in [0.4, 0.5) is 18.9 Å². The number of nitrogens with two attached hydrogens (primary N) is 1. The number of nitrogens with zero attached hydrogens (tertiary/aromatic N) is 1. The van der Waals surface area contributed by atoms with Crippen LogP contribution in [0, 0.1) is 19.8 Å². The van der Waals surface area contributed by atoms with Gasteiger partial charge < -0.3 is 11.1 Å². The molecule has 4 nitrogen and oxygen atoms in total. The average molecular weight is 456 g/mol. The molecule has 0 spiro atoms. The summed E-state index contributed by atoms with van der Waals surface area (Å²) in [4.78, 5) is 17.7. The van der Waals surface area contributed by atoms with Crippen LogP contribution in [0.25, 0.3) is 11.1 Å². The number of hydrogen-bond donors (Lipinski definition) is 2. The van der Waals surface area contributed by atoms with E-state index in [-0.39, 0.29) is 12.1 Å². The third kappa shape index (κ3) is 5.60. The first-order valence-electron chi connectivity index (χ1n) is 10.8. The Morgan fingerprint density at radius 2 is 1.64 bits per heavy atom. The number of aryl methyl sites for hydroxylation is 2. The summed E-state index contributed by atoms with van der Waals surface area (Å²) in [7, 11) is 0. The molecule has 7 heteroatoms.